The molecule has 0 saturated heterocycles. The molecule has 0 unspecified atom stereocenters. The van der Waals surface area contributed by atoms with Gasteiger partial charge in [-0.2, -0.15) is 0 Å². The molecule has 0 aliphatic carbocycles. The molecule has 1 heterocycles. The summed E-state index contributed by atoms with van der Waals surface area (Å²) in [5.41, 5.74) is 0.920. The maximum atomic E-state index is 5.94. The molecule has 0 radical (unpaired) electrons. The number of nitrogens with one attached hydrogen (secondary N) is 2. The van der Waals surface area contributed by atoms with E-state index in [1.54, 1.807) is 13.3 Å². The monoisotopic (exact) mass is 337 g/mol. The molecule has 0 aromatic carbocycles. The first-order valence-corrected chi connectivity index (χ1v) is 6.48. The SMILES string of the molecule is COCCNC(=S)Nc1ncc(Cl)c(C)c1Br. The van der Waals surface area contributed by atoms with Gasteiger partial charge in [-0.05, 0) is 40.6 Å². The van der Waals surface area contributed by atoms with E-state index in [0.717, 1.165) is 10.0 Å². The third kappa shape index (κ3) is 4.39. The standard InChI is InChI=1S/C10H13BrClN3OS/c1-6-7(12)5-14-9(8(6)11)15-10(17)13-3-4-16-2/h5H,3-4H2,1-2H3,(H2,13,14,15,17). The molecule has 1 rings (SSSR count). The van der Waals surface area contributed by atoms with Crippen LogP contribution in [0.5, 0.6) is 0 Å². The minimum atomic E-state index is 0.497. The van der Waals surface area contributed by atoms with E-state index in [-0.39, 0.29) is 0 Å². The van der Waals surface area contributed by atoms with Gasteiger partial charge in [0.05, 0.1) is 16.1 Å². The van der Waals surface area contributed by atoms with Crippen molar-refractivity contribution in [2.45, 2.75) is 6.92 Å². The van der Waals surface area contributed by atoms with E-state index in [9.17, 15) is 0 Å². The third-order valence-electron chi connectivity index (χ3n) is 2.03. The predicted molar refractivity (Wildman–Crippen MR) is 77.8 cm³/mol. The van der Waals surface area contributed by atoms with Gasteiger partial charge in [0.25, 0.3) is 0 Å². The van der Waals surface area contributed by atoms with Crippen molar-refractivity contribution in [3.63, 3.8) is 0 Å². The van der Waals surface area contributed by atoms with Crippen LogP contribution in [-0.4, -0.2) is 30.4 Å². The predicted octanol–water partition coefficient (Wildman–Crippen LogP) is 2.74. The van der Waals surface area contributed by atoms with Crippen LogP contribution >= 0.6 is 39.7 Å². The first-order chi connectivity index (χ1) is 8.06. The molecular formula is C10H13BrClN3OS. The second kappa shape index (κ2) is 7.10. The van der Waals surface area contributed by atoms with Crippen molar-refractivity contribution in [1.82, 2.24) is 10.3 Å². The summed E-state index contributed by atoms with van der Waals surface area (Å²) in [6.45, 7) is 3.14. The summed E-state index contributed by atoms with van der Waals surface area (Å²) in [5.74, 6) is 0.641. The average Bonchev–Trinajstić information content (AvgIpc) is 2.30. The Labute approximate surface area is 119 Å². The van der Waals surface area contributed by atoms with Gasteiger partial charge >= 0.3 is 0 Å². The summed E-state index contributed by atoms with van der Waals surface area (Å²) >= 11 is 14.5. The van der Waals surface area contributed by atoms with Gasteiger partial charge in [-0.1, -0.05) is 11.6 Å². The molecule has 94 valence electrons. The number of aromatic nitrogens is 1. The van der Waals surface area contributed by atoms with Crippen molar-refractivity contribution in [3.8, 4) is 0 Å². The molecule has 1 aromatic rings. The van der Waals surface area contributed by atoms with Crippen molar-refractivity contribution < 1.29 is 4.74 Å². The van der Waals surface area contributed by atoms with Crippen LogP contribution in [0.2, 0.25) is 5.02 Å². The van der Waals surface area contributed by atoms with E-state index in [1.807, 2.05) is 6.92 Å². The fourth-order valence-corrected chi connectivity index (χ4v) is 1.93. The number of anilines is 1. The zero-order valence-electron chi connectivity index (χ0n) is 9.51. The molecule has 2 N–H and O–H groups in total. The number of thiocarbonyl (C=S) groups is 1. The van der Waals surface area contributed by atoms with Crippen LogP contribution in [0.15, 0.2) is 10.7 Å². The summed E-state index contributed by atoms with van der Waals surface area (Å²) in [4.78, 5) is 4.16. The summed E-state index contributed by atoms with van der Waals surface area (Å²) in [6.07, 6.45) is 1.59. The lowest BCUT2D eigenvalue weighted by molar-refractivity contribution is 0.204. The number of nitrogens with zero attached hydrogens (tertiary/aromatic N) is 1. The Morgan fingerprint density at radius 2 is 2.35 bits per heavy atom. The molecule has 17 heavy (non-hydrogen) atoms. The second-order valence-corrected chi connectivity index (χ2v) is 4.88. The van der Waals surface area contributed by atoms with Crippen molar-refractivity contribution in [1.29, 1.82) is 0 Å². The van der Waals surface area contributed by atoms with Gasteiger partial charge in [0, 0.05) is 19.9 Å². The van der Waals surface area contributed by atoms with E-state index in [2.05, 4.69) is 31.5 Å². The number of halogens is 2. The number of hydrogen-bond donors (Lipinski definition) is 2. The van der Waals surface area contributed by atoms with Crippen LogP contribution in [0, 0.1) is 6.92 Å². The summed E-state index contributed by atoms with van der Waals surface area (Å²) in [5, 5.41) is 7.09. The largest absolute Gasteiger partial charge is 0.383 e. The first kappa shape index (κ1) is 14.6. The maximum Gasteiger partial charge on any atom is 0.172 e. The zero-order chi connectivity index (χ0) is 12.8. The van der Waals surface area contributed by atoms with Crippen LogP contribution in [0.4, 0.5) is 5.82 Å². The van der Waals surface area contributed by atoms with Gasteiger partial charge in [-0.3, -0.25) is 0 Å². The topological polar surface area (TPSA) is 46.2 Å². The van der Waals surface area contributed by atoms with Gasteiger partial charge < -0.3 is 15.4 Å². The molecule has 0 aliphatic rings. The Kier molecular flexibility index (Phi) is 6.11. The summed E-state index contributed by atoms with van der Waals surface area (Å²) < 4.78 is 5.72. The fourth-order valence-electron chi connectivity index (χ4n) is 1.06. The molecule has 1 aromatic heterocycles. The van der Waals surface area contributed by atoms with Crippen molar-refractivity contribution in [2.24, 2.45) is 0 Å². The fraction of sp³-hybridized carbons (Fsp3) is 0.400. The van der Waals surface area contributed by atoms with Crippen LogP contribution < -0.4 is 10.6 Å². The highest BCUT2D eigenvalue weighted by atomic mass is 79.9. The Hall–Kier alpha value is -0.430. The number of methoxy groups -OCH3 is 1. The maximum absolute atomic E-state index is 5.94. The van der Waals surface area contributed by atoms with Gasteiger partial charge in [-0.15, -0.1) is 0 Å². The highest BCUT2D eigenvalue weighted by molar-refractivity contribution is 9.10. The van der Waals surface area contributed by atoms with E-state index in [4.69, 9.17) is 28.6 Å². The molecule has 0 atom stereocenters. The lowest BCUT2D eigenvalue weighted by Crippen LogP contribution is -2.31. The quantitative estimate of drug-likeness (QED) is 0.653. The smallest absolute Gasteiger partial charge is 0.172 e. The van der Waals surface area contributed by atoms with Crippen LogP contribution in [-0.2, 0) is 4.74 Å². The molecule has 0 aliphatic heterocycles. The van der Waals surface area contributed by atoms with Gasteiger partial charge in [0.2, 0.25) is 0 Å². The Balaban J connectivity index is 2.63. The van der Waals surface area contributed by atoms with Gasteiger partial charge in [0.1, 0.15) is 5.82 Å². The highest BCUT2D eigenvalue weighted by Crippen LogP contribution is 2.28. The second-order valence-electron chi connectivity index (χ2n) is 3.27. The molecule has 0 bridgehead atoms. The molecule has 0 spiro atoms. The first-order valence-electron chi connectivity index (χ1n) is 4.90. The van der Waals surface area contributed by atoms with Gasteiger partial charge in [-0.25, -0.2) is 4.98 Å². The Morgan fingerprint density at radius 3 is 3.00 bits per heavy atom. The Morgan fingerprint density at radius 1 is 1.65 bits per heavy atom. The summed E-state index contributed by atoms with van der Waals surface area (Å²) in [6, 6.07) is 0. The average molecular weight is 339 g/mol. The Bertz CT molecular complexity index is 417. The molecule has 0 saturated carbocycles. The highest BCUT2D eigenvalue weighted by Gasteiger charge is 2.08. The van der Waals surface area contributed by atoms with Gasteiger partial charge in [0.15, 0.2) is 5.11 Å². The van der Waals surface area contributed by atoms with Crippen molar-refractivity contribution in [2.75, 3.05) is 25.6 Å². The van der Waals surface area contributed by atoms with E-state index < -0.39 is 0 Å². The number of rotatable bonds is 4. The van der Waals surface area contributed by atoms with Crippen LogP contribution in [0.25, 0.3) is 0 Å². The van der Waals surface area contributed by atoms with Crippen LogP contribution in [0.1, 0.15) is 5.56 Å². The number of pyridine rings is 1. The molecular weight excluding hydrogens is 326 g/mol. The lowest BCUT2D eigenvalue weighted by atomic mass is 10.3. The van der Waals surface area contributed by atoms with Crippen molar-refractivity contribution in [3.05, 3.63) is 21.3 Å². The van der Waals surface area contributed by atoms with E-state index >= 15 is 0 Å². The molecule has 7 heteroatoms. The minimum Gasteiger partial charge on any atom is -0.383 e. The molecule has 4 nitrogen and oxygen atoms in total. The summed E-state index contributed by atoms with van der Waals surface area (Å²) in [7, 11) is 1.64. The number of hydrogen-bond acceptors (Lipinski definition) is 3. The van der Waals surface area contributed by atoms with Crippen molar-refractivity contribution >= 4 is 50.7 Å². The zero-order valence-corrected chi connectivity index (χ0v) is 12.7. The van der Waals surface area contributed by atoms with Crippen LogP contribution in [0.3, 0.4) is 0 Å². The number of ether oxygens (including phenoxy) is 1. The minimum absolute atomic E-state index is 0.497. The molecule has 0 amide bonds. The molecule has 0 fully saturated rings. The lowest BCUT2D eigenvalue weighted by Gasteiger charge is -2.12. The normalized spacial score (nSPS) is 10.1. The van der Waals surface area contributed by atoms with E-state index in [1.165, 1.54) is 0 Å². The van der Waals surface area contributed by atoms with E-state index in [0.29, 0.717) is 29.1 Å². The third-order valence-corrected chi connectivity index (χ3v) is 3.62.